The first kappa shape index (κ1) is 18.8. The lowest BCUT2D eigenvalue weighted by Gasteiger charge is -2.38. The van der Waals surface area contributed by atoms with Crippen molar-refractivity contribution in [2.45, 2.75) is 19.8 Å². The number of rotatable bonds is 3. The second-order valence-electron chi connectivity index (χ2n) is 6.88. The van der Waals surface area contributed by atoms with Crippen LogP contribution in [-0.2, 0) is 14.8 Å². The van der Waals surface area contributed by atoms with E-state index >= 15 is 0 Å². The van der Waals surface area contributed by atoms with E-state index in [4.69, 9.17) is 4.52 Å². The third-order valence-corrected chi connectivity index (χ3v) is 6.30. The number of piperidine rings is 1. The Morgan fingerprint density at radius 3 is 2.15 bits per heavy atom. The zero-order chi connectivity index (χ0) is 18.9. The first-order chi connectivity index (χ1) is 12.3. The molecular formula is C16H24N4O5S. The molecule has 10 heteroatoms. The maximum Gasteiger partial charge on any atom is 0.276 e. The van der Waals surface area contributed by atoms with Gasteiger partial charge in [-0.2, -0.15) is 0 Å². The van der Waals surface area contributed by atoms with E-state index in [-0.39, 0.29) is 23.4 Å². The lowest BCUT2D eigenvalue weighted by atomic mass is 9.96. The summed E-state index contributed by atoms with van der Waals surface area (Å²) < 4.78 is 29.5. The smallest absolute Gasteiger partial charge is 0.276 e. The van der Waals surface area contributed by atoms with E-state index in [0.717, 1.165) is 0 Å². The average Bonchev–Trinajstić information content (AvgIpc) is 3.06. The van der Waals surface area contributed by atoms with Crippen molar-refractivity contribution in [3.8, 4) is 0 Å². The molecule has 0 aromatic carbocycles. The molecule has 2 fully saturated rings. The van der Waals surface area contributed by atoms with Crippen molar-refractivity contribution in [1.29, 1.82) is 0 Å². The van der Waals surface area contributed by atoms with Gasteiger partial charge in [-0.05, 0) is 19.8 Å². The second-order valence-corrected chi connectivity index (χ2v) is 8.86. The Balaban J connectivity index is 1.50. The fraction of sp³-hybridized carbons (Fsp3) is 0.688. The predicted molar refractivity (Wildman–Crippen MR) is 92.9 cm³/mol. The van der Waals surface area contributed by atoms with Gasteiger partial charge in [-0.3, -0.25) is 9.59 Å². The Bertz CT molecular complexity index is 774. The number of aromatic nitrogens is 1. The van der Waals surface area contributed by atoms with Crippen molar-refractivity contribution in [2.75, 3.05) is 45.5 Å². The number of nitrogens with zero attached hydrogens (tertiary/aromatic N) is 4. The highest BCUT2D eigenvalue weighted by Gasteiger charge is 2.33. The number of carbonyl (C=O) groups is 2. The molecule has 3 heterocycles. The van der Waals surface area contributed by atoms with Gasteiger partial charge in [-0.25, -0.2) is 12.7 Å². The molecule has 26 heavy (non-hydrogen) atoms. The normalized spacial score (nSPS) is 20.4. The van der Waals surface area contributed by atoms with Crippen molar-refractivity contribution < 1.29 is 22.5 Å². The molecule has 0 bridgehead atoms. The quantitative estimate of drug-likeness (QED) is 0.723. The molecule has 144 valence electrons. The molecule has 0 radical (unpaired) electrons. The Kier molecular flexibility index (Phi) is 5.33. The van der Waals surface area contributed by atoms with Crippen LogP contribution >= 0.6 is 0 Å². The van der Waals surface area contributed by atoms with Crippen LogP contribution in [0.15, 0.2) is 10.6 Å². The fourth-order valence-electron chi connectivity index (χ4n) is 3.45. The minimum Gasteiger partial charge on any atom is -0.361 e. The average molecular weight is 384 g/mol. The molecule has 0 unspecified atom stereocenters. The highest BCUT2D eigenvalue weighted by molar-refractivity contribution is 7.88. The molecule has 0 saturated carbocycles. The summed E-state index contributed by atoms with van der Waals surface area (Å²) in [6.45, 7) is 4.38. The molecule has 2 aliphatic heterocycles. The summed E-state index contributed by atoms with van der Waals surface area (Å²) in [5.74, 6) is 0.314. The van der Waals surface area contributed by atoms with Crippen LogP contribution in [0.2, 0.25) is 0 Å². The van der Waals surface area contributed by atoms with Crippen molar-refractivity contribution in [3.05, 3.63) is 17.5 Å². The van der Waals surface area contributed by atoms with Gasteiger partial charge in [0.05, 0.1) is 6.26 Å². The van der Waals surface area contributed by atoms with Crippen LogP contribution in [0.1, 0.15) is 29.1 Å². The van der Waals surface area contributed by atoms with E-state index in [1.165, 1.54) is 10.6 Å². The number of aryl methyl sites for hydroxylation is 1. The van der Waals surface area contributed by atoms with Crippen LogP contribution in [0.25, 0.3) is 0 Å². The van der Waals surface area contributed by atoms with Gasteiger partial charge in [0.2, 0.25) is 15.9 Å². The Morgan fingerprint density at radius 2 is 1.65 bits per heavy atom. The molecule has 2 aliphatic rings. The summed E-state index contributed by atoms with van der Waals surface area (Å²) in [7, 11) is -3.19. The number of sulfonamides is 1. The first-order valence-corrected chi connectivity index (χ1v) is 10.6. The molecule has 0 spiro atoms. The Labute approximate surface area is 152 Å². The molecule has 1 aromatic rings. The minimum absolute atomic E-state index is 0.0579. The van der Waals surface area contributed by atoms with Crippen molar-refractivity contribution in [2.24, 2.45) is 5.92 Å². The van der Waals surface area contributed by atoms with Crippen LogP contribution in [0, 0.1) is 12.8 Å². The molecule has 0 N–H and O–H groups in total. The van der Waals surface area contributed by atoms with Gasteiger partial charge >= 0.3 is 0 Å². The Morgan fingerprint density at radius 1 is 1.08 bits per heavy atom. The zero-order valence-corrected chi connectivity index (χ0v) is 15.9. The maximum absolute atomic E-state index is 12.7. The first-order valence-electron chi connectivity index (χ1n) is 8.72. The number of hydrogen-bond donors (Lipinski definition) is 0. The predicted octanol–water partition coefficient (Wildman–Crippen LogP) is -0.0610. The SMILES string of the molecule is Cc1cc(C(=O)N2CCN(C(=O)C3CCN(S(C)(=O)=O)CC3)CC2)no1. The van der Waals surface area contributed by atoms with E-state index in [2.05, 4.69) is 5.16 Å². The summed E-state index contributed by atoms with van der Waals surface area (Å²) in [6.07, 6.45) is 2.29. The summed E-state index contributed by atoms with van der Waals surface area (Å²) in [4.78, 5) is 28.5. The summed E-state index contributed by atoms with van der Waals surface area (Å²) in [5, 5.41) is 3.74. The fourth-order valence-corrected chi connectivity index (χ4v) is 4.33. The molecule has 9 nitrogen and oxygen atoms in total. The molecule has 1 aromatic heterocycles. The van der Waals surface area contributed by atoms with Gasteiger partial charge in [-0.1, -0.05) is 5.16 Å². The lowest BCUT2D eigenvalue weighted by Crippen LogP contribution is -2.53. The molecular weight excluding hydrogens is 360 g/mol. The van der Waals surface area contributed by atoms with Crippen LogP contribution in [-0.4, -0.2) is 85.0 Å². The van der Waals surface area contributed by atoms with Crippen molar-refractivity contribution in [3.63, 3.8) is 0 Å². The van der Waals surface area contributed by atoms with Crippen LogP contribution in [0.3, 0.4) is 0 Å². The van der Waals surface area contributed by atoms with Gasteiger partial charge < -0.3 is 14.3 Å². The third-order valence-electron chi connectivity index (χ3n) is 5.00. The maximum atomic E-state index is 12.7. The highest BCUT2D eigenvalue weighted by Crippen LogP contribution is 2.22. The summed E-state index contributed by atoms with van der Waals surface area (Å²) in [6, 6.07) is 1.61. The largest absolute Gasteiger partial charge is 0.361 e. The van der Waals surface area contributed by atoms with Gasteiger partial charge in [0.15, 0.2) is 5.69 Å². The van der Waals surface area contributed by atoms with Crippen LogP contribution in [0.5, 0.6) is 0 Å². The second kappa shape index (κ2) is 7.36. The van der Waals surface area contributed by atoms with Gasteiger partial charge in [0.25, 0.3) is 5.91 Å². The van der Waals surface area contributed by atoms with E-state index in [0.29, 0.717) is 57.9 Å². The van der Waals surface area contributed by atoms with Gasteiger partial charge in [0, 0.05) is 51.3 Å². The zero-order valence-electron chi connectivity index (χ0n) is 15.0. The summed E-state index contributed by atoms with van der Waals surface area (Å²) in [5.41, 5.74) is 0.287. The minimum atomic E-state index is -3.19. The summed E-state index contributed by atoms with van der Waals surface area (Å²) >= 11 is 0. The van der Waals surface area contributed by atoms with Crippen LogP contribution in [0.4, 0.5) is 0 Å². The third kappa shape index (κ3) is 4.07. The number of hydrogen-bond acceptors (Lipinski definition) is 6. The Hall–Kier alpha value is -1.94. The number of piperazine rings is 1. The van der Waals surface area contributed by atoms with Gasteiger partial charge in [-0.15, -0.1) is 0 Å². The molecule has 0 aliphatic carbocycles. The van der Waals surface area contributed by atoms with Gasteiger partial charge in [0.1, 0.15) is 5.76 Å². The number of amides is 2. The van der Waals surface area contributed by atoms with E-state index in [1.54, 1.807) is 22.8 Å². The molecule has 2 saturated heterocycles. The molecule has 3 rings (SSSR count). The standard InChI is InChI=1S/C16H24N4O5S/c1-12-11-14(17-25-12)16(22)19-9-7-18(8-10-19)15(21)13-3-5-20(6-4-13)26(2,23)24/h11,13H,3-10H2,1-2H3. The lowest BCUT2D eigenvalue weighted by molar-refractivity contribution is -0.138. The number of carbonyl (C=O) groups excluding carboxylic acids is 2. The monoisotopic (exact) mass is 384 g/mol. The molecule has 0 atom stereocenters. The highest BCUT2D eigenvalue weighted by atomic mass is 32.2. The van der Waals surface area contributed by atoms with Crippen LogP contribution < -0.4 is 0 Å². The van der Waals surface area contributed by atoms with Crippen molar-refractivity contribution >= 4 is 21.8 Å². The van der Waals surface area contributed by atoms with Crippen molar-refractivity contribution in [1.82, 2.24) is 19.3 Å². The van der Waals surface area contributed by atoms with E-state index in [1.807, 2.05) is 0 Å². The van der Waals surface area contributed by atoms with E-state index < -0.39 is 10.0 Å². The molecule has 2 amide bonds. The van der Waals surface area contributed by atoms with E-state index in [9.17, 15) is 18.0 Å². The topological polar surface area (TPSA) is 104 Å².